The van der Waals surface area contributed by atoms with E-state index >= 15 is 0 Å². The SMILES string of the molecule is CC(C)(C)Nc1ncc(C(=O)N2CCN(c3ccccn3)CC2)cn1. The Morgan fingerprint density at radius 3 is 2.28 bits per heavy atom. The summed E-state index contributed by atoms with van der Waals surface area (Å²) in [5.74, 6) is 1.46. The van der Waals surface area contributed by atoms with Crippen molar-refractivity contribution in [2.45, 2.75) is 26.3 Å². The molecule has 0 unspecified atom stereocenters. The zero-order chi connectivity index (χ0) is 17.9. The second-order valence-electron chi connectivity index (χ2n) is 7.14. The Morgan fingerprint density at radius 1 is 1.04 bits per heavy atom. The Bertz CT molecular complexity index is 703. The third-order valence-electron chi connectivity index (χ3n) is 3.93. The molecule has 3 rings (SSSR count). The molecule has 0 radical (unpaired) electrons. The molecule has 0 atom stereocenters. The van der Waals surface area contributed by atoms with Crippen molar-refractivity contribution in [1.29, 1.82) is 0 Å². The number of anilines is 2. The Kier molecular flexibility index (Phi) is 4.83. The summed E-state index contributed by atoms with van der Waals surface area (Å²) in [6, 6.07) is 5.87. The van der Waals surface area contributed by atoms with Crippen LogP contribution in [0, 0.1) is 0 Å². The Hall–Kier alpha value is -2.70. The van der Waals surface area contributed by atoms with Gasteiger partial charge in [0, 0.05) is 50.3 Å². The first-order valence-electron chi connectivity index (χ1n) is 8.48. The molecule has 1 N–H and O–H groups in total. The maximum absolute atomic E-state index is 12.6. The average molecular weight is 340 g/mol. The van der Waals surface area contributed by atoms with E-state index in [9.17, 15) is 4.79 Å². The van der Waals surface area contributed by atoms with Crippen molar-refractivity contribution in [3.8, 4) is 0 Å². The van der Waals surface area contributed by atoms with Crippen molar-refractivity contribution < 1.29 is 4.79 Å². The van der Waals surface area contributed by atoms with Crippen molar-refractivity contribution >= 4 is 17.7 Å². The molecule has 1 fully saturated rings. The molecule has 7 nitrogen and oxygen atoms in total. The van der Waals surface area contributed by atoms with Gasteiger partial charge in [-0.15, -0.1) is 0 Å². The fraction of sp³-hybridized carbons (Fsp3) is 0.444. The number of aromatic nitrogens is 3. The standard InChI is InChI=1S/C18H24N6O/c1-18(2,3)22-17-20-12-14(13-21-17)16(25)24-10-8-23(9-11-24)15-6-4-5-7-19-15/h4-7,12-13H,8-11H2,1-3H3,(H,20,21,22). The maximum Gasteiger partial charge on any atom is 0.257 e. The molecule has 0 saturated carbocycles. The highest BCUT2D eigenvalue weighted by atomic mass is 16.2. The fourth-order valence-corrected chi connectivity index (χ4v) is 2.70. The summed E-state index contributed by atoms with van der Waals surface area (Å²) in [5, 5.41) is 3.19. The van der Waals surface area contributed by atoms with Crippen LogP contribution in [0.25, 0.3) is 0 Å². The van der Waals surface area contributed by atoms with Crippen LogP contribution < -0.4 is 10.2 Å². The molecule has 132 valence electrons. The van der Waals surface area contributed by atoms with E-state index in [1.807, 2.05) is 43.9 Å². The predicted octanol–water partition coefficient (Wildman–Crippen LogP) is 2.04. The molecule has 1 amide bonds. The first-order valence-corrected chi connectivity index (χ1v) is 8.48. The van der Waals surface area contributed by atoms with E-state index in [1.165, 1.54) is 0 Å². The zero-order valence-electron chi connectivity index (χ0n) is 14.9. The van der Waals surface area contributed by atoms with Crippen LogP contribution >= 0.6 is 0 Å². The van der Waals surface area contributed by atoms with E-state index in [0.29, 0.717) is 24.6 Å². The molecular formula is C18H24N6O. The van der Waals surface area contributed by atoms with Gasteiger partial charge in [0.1, 0.15) is 5.82 Å². The fourth-order valence-electron chi connectivity index (χ4n) is 2.70. The Balaban J connectivity index is 1.59. The summed E-state index contributed by atoms with van der Waals surface area (Å²) in [7, 11) is 0. The van der Waals surface area contributed by atoms with Crippen LogP contribution in [0.3, 0.4) is 0 Å². The minimum Gasteiger partial charge on any atom is -0.353 e. The van der Waals surface area contributed by atoms with Crippen molar-refractivity contribution in [3.63, 3.8) is 0 Å². The smallest absolute Gasteiger partial charge is 0.257 e. The molecule has 1 saturated heterocycles. The highest BCUT2D eigenvalue weighted by Crippen LogP contribution is 2.15. The highest BCUT2D eigenvalue weighted by Gasteiger charge is 2.23. The van der Waals surface area contributed by atoms with E-state index in [1.54, 1.807) is 18.6 Å². The molecule has 2 aromatic rings. The lowest BCUT2D eigenvalue weighted by molar-refractivity contribution is 0.0745. The van der Waals surface area contributed by atoms with Crippen LogP contribution in [0.2, 0.25) is 0 Å². The second kappa shape index (κ2) is 7.04. The van der Waals surface area contributed by atoms with Crippen LogP contribution in [0.1, 0.15) is 31.1 Å². The number of pyridine rings is 1. The summed E-state index contributed by atoms with van der Waals surface area (Å²) in [5.41, 5.74) is 0.401. The highest BCUT2D eigenvalue weighted by molar-refractivity contribution is 5.93. The number of hydrogen-bond acceptors (Lipinski definition) is 6. The molecule has 1 aliphatic rings. The molecule has 0 bridgehead atoms. The van der Waals surface area contributed by atoms with Gasteiger partial charge in [-0.3, -0.25) is 4.79 Å². The van der Waals surface area contributed by atoms with Gasteiger partial charge < -0.3 is 15.1 Å². The number of nitrogens with one attached hydrogen (secondary N) is 1. The van der Waals surface area contributed by atoms with Gasteiger partial charge in [-0.1, -0.05) is 6.07 Å². The van der Waals surface area contributed by atoms with Gasteiger partial charge >= 0.3 is 0 Å². The van der Waals surface area contributed by atoms with Gasteiger partial charge in [0.2, 0.25) is 5.95 Å². The van der Waals surface area contributed by atoms with Crippen molar-refractivity contribution in [1.82, 2.24) is 19.9 Å². The molecule has 3 heterocycles. The first-order chi connectivity index (χ1) is 11.9. The monoisotopic (exact) mass is 340 g/mol. The van der Waals surface area contributed by atoms with Crippen LogP contribution in [-0.2, 0) is 0 Å². The molecule has 0 aliphatic carbocycles. The second-order valence-corrected chi connectivity index (χ2v) is 7.14. The van der Waals surface area contributed by atoms with E-state index < -0.39 is 0 Å². The number of nitrogens with zero attached hydrogens (tertiary/aromatic N) is 5. The Labute approximate surface area is 148 Å². The molecule has 25 heavy (non-hydrogen) atoms. The van der Waals surface area contributed by atoms with Gasteiger partial charge in [0.15, 0.2) is 0 Å². The largest absolute Gasteiger partial charge is 0.353 e. The summed E-state index contributed by atoms with van der Waals surface area (Å²) in [6.45, 7) is 8.98. The van der Waals surface area contributed by atoms with Crippen molar-refractivity contribution in [3.05, 3.63) is 42.4 Å². The lowest BCUT2D eigenvalue weighted by Crippen LogP contribution is -2.49. The average Bonchev–Trinajstić information content (AvgIpc) is 2.61. The number of amides is 1. The third-order valence-corrected chi connectivity index (χ3v) is 3.93. The zero-order valence-corrected chi connectivity index (χ0v) is 14.9. The van der Waals surface area contributed by atoms with Crippen molar-refractivity contribution in [2.24, 2.45) is 0 Å². The van der Waals surface area contributed by atoms with Gasteiger partial charge in [-0.2, -0.15) is 0 Å². The minimum absolute atomic E-state index is 0.0250. The summed E-state index contributed by atoms with van der Waals surface area (Å²) in [4.78, 5) is 29.5. The van der Waals surface area contributed by atoms with E-state index in [-0.39, 0.29) is 11.4 Å². The molecular weight excluding hydrogens is 316 g/mol. The molecule has 7 heteroatoms. The number of carbonyl (C=O) groups excluding carboxylic acids is 1. The van der Waals surface area contributed by atoms with Gasteiger partial charge in [0.05, 0.1) is 5.56 Å². The lowest BCUT2D eigenvalue weighted by Gasteiger charge is -2.35. The third kappa shape index (κ3) is 4.43. The van der Waals surface area contributed by atoms with Gasteiger partial charge in [-0.25, -0.2) is 15.0 Å². The number of rotatable bonds is 3. The molecule has 1 aliphatic heterocycles. The van der Waals surface area contributed by atoms with Crippen LogP contribution in [-0.4, -0.2) is 57.5 Å². The van der Waals surface area contributed by atoms with Crippen LogP contribution in [0.4, 0.5) is 11.8 Å². The molecule has 2 aromatic heterocycles. The summed E-state index contributed by atoms with van der Waals surface area (Å²) in [6.07, 6.45) is 4.97. The van der Waals surface area contributed by atoms with Crippen LogP contribution in [0.15, 0.2) is 36.8 Å². The summed E-state index contributed by atoms with van der Waals surface area (Å²) >= 11 is 0. The van der Waals surface area contributed by atoms with Gasteiger partial charge in [-0.05, 0) is 32.9 Å². The first kappa shape index (κ1) is 17.1. The number of hydrogen-bond donors (Lipinski definition) is 1. The maximum atomic E-state index is 12.6. The predicted molar refractivity (Wildman–Crippen MR) is 97.8 cm³/mol. The van der Waals surface area contributed by atoms with Crippen molar-refractivity contribution in [2.75, 3.05) is 36.4 Å². The topological polar surface area (TPSA) is 74.2 Å². The lowest BCUT2D eigenvalue weighted by atomic mass is 10.1. The quantitative estimate of drug-likeness (QED) is 0.922. The normalized spacial score (nSPS) is 15.2. The van der Waals surface area contributed by atoms with Gasteiger partial charge in [0.25, 0.3) is 5.91 Å². The number of carbonyl (C=O) groups is 1. The molecule has 0 spiro atoms. The minimum atomic E-state index is -0.118. The Morgan fingerprint density at radius 2 is 1.72 bits per heavy atom. The van der Waals surface area contributed by atoms with E-state index in [4.69, 9.17) is 0 Å². The van der Waals surface area contributed by atoms with E-state index in [2.05, 4.69) is 25.2 Å². The summed E-state index contributed by atoms with van der Waals surface area (Å²) < 4.78 is 0. The van der Waals surface area contributed by atoms with Crippen LogP contribution in [0.5, 0.6) is 0 Å². The number of piperazine rings is 1. The molecule has 0 aromatic carbocycles. The van der Waals surface area contributed by atoms with E-state index in [0.717, 1.165) is 18.9 Å².